The van der Waals surface area contributed by atoms with Gasteiger partial charge in [-0.2, -0.15) is 0 Å². The van der Waals surface area contributed by atoms with Crippen molar-refractivity contribution in [1.82, 2.24) is 4.98 Å². The highest BCUT2D eigenvalue weighted by molar-refractivity contribution is 6.15. The first-order valence-corrected chi connectivity index (χ1v) is 14.3. The van der Waals surface area contributed by atoms with Crippen molar-refractivity contribution in [3.8, 4) is 22.8 Å². The lowest BCUT2D eigenvalue weighted by molar-refractivity contribution is 0.0989. The normalized spacial score (nSPS) is 12.0. The Morgan fingerprint density at radius 3 is 2.43 bits per heavy atom. The van der Waals surface area contributed by atoms with E-state index in [2.05, 4.69) is 29.7 Å². The van der Waals surface area contributed by atoms with Crippen LogP contribution in [0.1, 0.15) is 28.4 Å². The van der Waals surface area contributed by atoms with Gasteiger partial charge in [0, 0.05) is 46.5 Å². The molecule has 42 heavy (non-hydrogen) atoms. The second kappa shape index (κ2) is 13.3. The number of H-pyrrole nitrogens is 1. The van der Waals surface area contributed by atoms with Gasteiger partial charge in [-0.05, 0) is 90.9 Å². The average Bonchev–Trinajstić information content (AvgIpc) is 3.61. The third-order valence-corrected chi connectivity index (χ3v) is 7.12. The highest BCUT2D eigenvalue weighted by Gasteiger charge is 2.29. The summed E-state index contributed by atoms with van der Waals surface area (Å²) in [7, 11) is 0. The number of aromatic amines is 1. The first-order chi connectivity index (χ1) is 20.3. The van der Waals surface area contributed by atoms with Crippen LogP contribution in [0.4, 0.5) is 5.69 Å². The van der Waals surface area contributed by atoms with E-state index in [-0.39, 0.29) is 17.4 Å². The smallest absolute Gasteiger partial charge is 0.258 e. The minimum Gasteiger partial charge on any atom is -0.508 e. The highest BCUT2D eigenvalue weighted by atomic mass is 35.5. The average molecular weight is 579 g/mol. The van der Waals surface area contributed by atoms with Crippen LogP contribution in [0.2, 0.25) is 0 Å². The first-order valence-electron chi connectivity index (χ1n) is 13.6. The van der Waals surface area contributed by atoms with Crippen LogP contribution in [-0.2, 0) is 6.42 Å². The van der Waals surface area contributed by atoms with Gasteiger partial charge in [0.2, 0.25) is 0 Å². The highest BCUT2D eigenvalue weighted by Crippen LogP contribution is 2.41. The fourth-order valence-electron chi connectivity index (χ4n) is 5.20. The Labute approximate surface area is 251 Å². The summed E-state index contributed by atoms with van der Waals surface area (Å²) in [4.78, 5) is 18.7. The number of phenolic OH excluding ortho intramolecular Hbond substituents is 2. The van der Waals surface area contributed by atoms with Crippen LogP contribution in [-0.4, -0.2) is 34.0 Å². The van der Waals surface area contributed by atoms with Crippen LogP contribution in [0.25, 0.3) is 32.9 Å². The van der Waals surface area contributed by atoms with Crippen LogP contribution in [0.15, 0.2) is 110 Å². The maximum Gasteiger partial charge on any atom is 0.258 e. The van der Waals surface area contributed by atoms with Crippen molar-refractivity contribution in [2.75, 3.05) is 17.8 Å². The van der Waals surface area contributed by atoms with Crippen molar-refractivity contribution in [1.29, 1.82) is 0 Å². The predicted molar refractivity (Wildman–Crippen MR) is 177 cm³/mol. The van der Waals surface area contributed by atoms with E-state index in [0.29, 0.717) is 12.1 Å². The van der Waals surface area contributed by atoms with E-state index in [1.807, 2.05) is 80.6 Å². The van der Waals surface area contributed by atoms with Crippen LogP contribution < -0.4 is 4.90 Å². The number of phenols is 2. The second-order valence-electron chi connectivity index (χ2n) is 10.1. The minimum absolute atomic E-state index is 0.0737. The number of rotatable bonds is 4. The molecule has 5 nitrogen and oxygen atoms in total. The Morgan fingerprint density at radius 1 is 1.02 bits per heavy atom. The molecule has 0 fully saturated rings. The Balaban J connectivity index is 0.000000398. The molecule has 6 rings (SSSR count). The molecule has 3 N–H and O–H groups in total. The molecule has 1 aromatic heterocycles. The van der Waals surface area contributed by atoms with Gasteiger partial charge in [0.15, 0.2) is 0 Å². The number of hydrogen-bond donors (Lipinski definition) is 3. The van der Waals surface area contributed by atoms with E-state index in [9.17, 15) is 15.0 Å². The summed E-state index contributed by atoms with van der Waals surface area (Å²) in [5.74, 6) is 0.352. The summed E-state index contributed by atoms with van der Waals surface area (Å²) in [5.41, 5.74) is 7.50. The number of nitrogens with one attached hydrogen (secondary N) is 1. The Bertz CT molecular complexity index is 1800. The molecule has 214 valence electrons. The SMILES string of the molecule is C=C/C=C\C(=C)C.CCl.Cc1cccc2c(O)cc3c(c12)CCN3C(=O)c1ccc2[nH]c(-c3ccc(O)cc3)cc2c1. The number of nitrogens with zero attached hydrogens (tertiary/aromatic N) is 1. The van der Waals surface area contributed by atoms with Crippen LogP contribution in [0.5, 0.6) is 11.5 Å². The molecule has 6 heteroatoms. The second-order valence-corrected chi connectivity index (χ2v) is 10.1. The maximum atomic E-state index is 13.5. The molecule has 0 unspecified atom stereocenters. The monoisotopic (exact) mass is 578 g/mol. The predicted octanol–water partition coefficient (Wildman–Crippen LogP) is 9.07. The van der Waals surface area contributed by atoms with Gasteiger partial charge in [-0.25, -0.2) is 0 Å². The third-order valence-electron chi connectivity index (χ3n) is 7.12. The van der Waals surface area contributed by atoms with E-state index < -0.39 is 0 Å². The van der Waals surface area contributed by atoms with Gasteiger partial charge >= 0.3 is 0 Å². The number of carbonyl (C=O) groups is 1. The van der Waals surface area contributed by atoms with E-state index in [1.54, 1.807) is 29.2 Å². The minimum atomic E-state index is -0.0737. The number of hydrogen-bond acceptors (Lipinski definition) is 3. The molecule has 1 aliphatic rings. The summed E-state index contributed by atoms with van der Waals surface area (Å²) in [5, 5.41) is 23.0. The topological polar surface area (TPSA) is 76.6 Å². The van der Waals surface area contributed by atoms with Gasteiger partial charge in [0.05, 0.1) is 5.69 Å². The van der Waals surface area contributed by atoms with E-state index in [1.165, 1.54) is 6.38 Å². The zero-order chi connectivity index (χ0) is 30.4. The van der Waals surface area contributed by atoms with Gasteiger partial charge in [-0.3, -0.25) is 4.79 Å². The number of halogens is 1. The summed E-state index contributed by atoms with van der Waals surface area (Å²) in [6.45, 7) is 11.7. The molecular formula is C36H35ClN2O3. The number of fused-ring (bicyclic) bond motifs is 4. The van der Waals surface area contributed by atoms with Crippen molar-refractivity contribution < 1.29 is 15.0 Å². The lowest BCUT2D eigenvalue weighted by Gasteiger charge is -2.19. The molecule has 1 amide bonds. The number of alkyl halides is 1. The molecular weight excluding hydrogens is 544 g/mol. The lowest BCUT2D eigenvalue weighted by atomic mass is 9.97. The quantitative estimate of drug-likeness (QED) is 0.147. The Kier molecular flexibility index (Phi) is 9.56. The summed E-state index contributed by atoms with van der Waals surface area (Å²) >= 11 is 4.64. The van der Waals surface area contributed by atoms with E-state index in [4.69, 9.17) is 0 Å². The summed E-state index contributed by atoms with van der Waals surface area (Å²) < 4.78 is 0. The lowest BCUT2D eigenvalue weighted by Crippen LogP contribution is -2.28. The standard InChI is InChI=1S/C28H22N2O3.C7H10.CH3Cl/c1-16-3-2-4-22-26(32)15-25-21(27(16)22)11-12-30(25)28(33)18-7-10-23-19(13-18)14-24(29-23)17-5-8-20(31)9-6-17;1-4-5-6-7(2)3;1-2/h2-10,13-15,29,31-32H,11-12H2,1H3;4-6H,1-2H2,3H3;1H3/b;6-5-;. The number of amides is 1. The Hall–Kier alpha value is -4.74. The van der Waals surface area contributed by atoms with Gasteiger partial charge in [0.25, 0.3) is 5.91 Å². The van der Waals surface area contributed by atoms with Crippen LogP contribution in [0.3, 0.4) is 0 Å². The van der Waals surface area contributed by atoms with Crippen LogP contribution >= 0.6 is 11.6 Å². The molecule has 0 saturated carbocycles. The number of aryl methyl sites for hydroxylation is 1. The van der Waals surface area contributed by atoms with Gasteiger partial charge in [-0.1, -0.05) is 55.2 Å². The van der Waals surface area contributed by atoms with E-state index in [0.717, 1.165) is 61.7 Å². The Morgan fingerprint density at radius 2 is 1.76 bits per heavy atom. The van der Waals surface area contributed by atoms with Crippen molar-refractivity contribution in [3.63, 3.8) is 0 Å². The molecule has 0 bridgehead atoms. The molecule has 2 heterocycles. The van der Waals surface area contributed by atoms with Crippen molar-refractivity contribution in [2.45, 2.75) is 20.3 Å². The maximum absolute atomic E-state index is 13.5. The molecule has 0 spiro atoms. The first kappa shape index (κ1) is 30.2. The number of anilines is 1. The zero-order valence-corrected chi connectivity index (χ0v) is 24.9. The number of carbonyl (C=O) groups excluding carboxylic acids is 1. The number of allylic oxidation sites excluding steroid dienone is 4. The van der Waals surface area contributed by atoms with Crippen molar-refractivity contribution in [3.05, 3.63) is 126 Å². The third kappa shape index (κ3) is 6.27. The number of benzene rings is 4. The molecule has 0 aliphatic carbocycles. The molecule has 0 radical (unpaired) electrons. The fourth-order valence-corrected chi connectivity index (χ4v) is 5.20. The van der Waals surface area contributed by atoms with Gasteiger partial charge in [-0.15, -0.1) is 11.6 Å². The molecule has 5 aromatic rings. The number of aromatic nitrogens is 1. The fraction of sp³-hybridized carbons (Fsp3) is 0.139. The van der Waals surface area contributed by atoms with Gasteiger partial charge < -0.3 is 20.1 Å². The van der Waals surface area contributed by atoms with Crippen LogP contribution in [0, 0.1) is 6.92 Å². The van der Waals surface area contributed by atoms with E-state index >= 15 is 0 Å². The molecule has 4 aromatic carbocycles. The molecule has 0 saturated heterocycles. The molecule has 1 aliphatic heterocycles. The zero-order valence-electron chi connectivity index (χ0n) is 24.1. The molecule has 0 atom stereocenters. The number of aromatic hydroxyl groups is 2. The summed E-state index contributed by atoms with van der Waals surface area (Å²) in [6.07, 6.45) is 7.74. The van der Waals surface area contributed by atoms with Crippen molar-refractivity contribution in [2.24, 2.45) is 0 Å². The van der Waals surface area contributed by atoms with Crippen molar-refractivity contribution >= 4 is 44.9 Å². The largest absolute Gasteiger partial charge is 0.508 e. The summed E-state index contributed by atoms with van der Waals surface area (Å²) in [6, 6.07) is 22.3. The van der Waals surface area contributed by atoms with Gasteiger partial charge in [0.1, 0.15) is 11.5 Å².